The summed E-state index contributed by atoms with van der Waals surface area (Å²) in [5.41, 5.74) is 0.550. The lowest BCUT2D eigenvalue weighted by atomic mass is 9.97. The van der Waals surface area contributed by atoms with Gasteiger partial charge in [-0.1, -0.05) is 0 Å². The Kier molecular flexibility index (Phi) is 5.08. The Morgan fingerprint density at radius 3 is 2.67 bits per heavy atom. The first-order valence-electron chi connectivity index (χ1n) is 6.47. The predicted octanol–water partition coefficient (Wildman–Crippen LogP) is 2.87. The Morgan fingerprint density at radius 2 is 2.00 bits per heavy atom. The van der Waals surface area contributed by atoms with Crippen LogP contribution in [0.4, 0.5) is 8.78 Å². The van der Waals surface area contributed by atoms with Gasteiger partial charge in [-0.2, -0.15) is 0 Å². The molecule has 0 amide bonds. The van der Waals surface area contributed by atoms with Crippen molar-refractivity contribution in [2.24, 2.45) is 5.92 Å². The zero-order valence-electron chi connectivity index (χ0n) is 10.4. The summed E-state index contributed by atoms with van der Waals surface area (Å²) >= 11 is 0. The van der Waals surface area contributed by atoms with Crippen molar-refractivity contribution in [3.05, 3.63) is 35.4 Å². The standard InChI is InChI=1S/C14H19F2NO/c15-13-6-12(7-14(16)8-13)10-18-5-3-11-2-1-4-17-9-11/h6-8,11,17H,1-5,9-10H2/t11-/m0/s1. The van der Waals surface area contributed by atoms with Gasteiger partial charge in [0.15, 0.2) is 0 Å². The van der Waals surface area contributed by atoms with E-state index < -0.39 is 11.6 Å². The smallest absolute Gasteiger partial charge is 0.126 e. The van der Waals surface area contributed by atoms with Gasteiger partial charge in [-0.15, -0.1) is 0 Å². The lowest BCUT2D eigenvalue weighted by Gasteiger charge is -2.22. The fraction of sp³-hybridized carbons (Fsp3) is 0.571. The number of benzene rings is 1. The quantitative estimate of drug-likeness (QED) is 0.817. The van der Waals surface area contributed by atoms with Crippen LogP contribution in [0.2, 0.25) is 0 Å². The molecule has 1 atom stereocenters. The normalized spacial score (nSPS) is 20.0. The van der Waals surface area contributed by atoms with Crippen LogP contribution in [0, 0.1) is 17.6 Å². The van der Waals surface area contributed by atoms with Crippen molar-refractivity contribution in [1.29, 1.82) is 0 Å². The minimum atomic E-state index is -0.551. The Balaban J connectivity index is 1.68. The molecular weight excluding hydrogens is 236 g/mol. The molecule has 2 rings (SSSR count). The molecular formula is C14H19F2NO. The van der Waals surface area contributed by atoms with Crippen LogP contribution in [0.3, 0.4) is 0 Å². The summed E-state index contributed by atoms with van der Waals surface area (Å²) in [5.74, 6) is -0.432. The Hall–Kier alpha value is -1.00. The molecule has 1 aromatic carbocycles. The molecule has 0 unspecified atom stereocenters. The fourth-order valence-corrected chi connectivity index (χ4v) is 2.30. The lowest BCUT2D eigenvalue weighted by Crippen LogP contribution is -2.30. The predicted molar refractivity (Wildman–Crippen MR) is 66.2 cm³/mol. The maximum Gasteiger partial charge on any atom is 0.126 e. The fourth-order valence-electron chi connectivity index (χ4n) is 2.30. The first-order valence-corrected chi connectivity index (χ1v) is 6.47. The third-order valence-electron chi connectivity index (χ3n) is 3.26. The first kappa shape index (κ1) is 13.4. The molecule has 1 heterocycles. The van der Waals surface area contributed by atoms with Gasteiger partial charge in [-0.05, 0) is 56.0 Å². The summed E-state index contributed by atoms with van der Waals surface area (Å²) in [7, 11) is 0. The van der Waals surface area contributed by atoms with E-state index in [9.17, 15) is 8.78 Å². The monoisotopic (exact) mass is 255 g/mol. The molecule has 0 saturated carbocycles. The summed E-state index contributed by atoms with van der Waals surface area (Å²) in [5, 5.41) is 3.35. The van der Waals surface area contributed by atoms with Crippen LogP contribution in [-0.4, -0.2) is 19.7 Å². The molecule has 1 N–H and O–H groups in total. The maximum absolute atomic E-state index is 12.9. The summed E-state index contributed by atoms with van der Waals surface area (Å²) < 4.78 is 31.3. The van der Waals surface area contributed by atoms with Crippen molar-refractivity contribution in [3.8, 4) is 0 Å². The van der Waals surface area contributed by atoms with E-state index in [0.717, 1.165) is 25.6 Å². The molecule has 4 heteroatoms. The molecule has 1 fully saturated rings. The van der Waals surface area contributed by atoms with Crippen molar-refractivity contribution >= 4 is 0 Å². The molecule has 100 valence electrons. The van der Waals surface area contributed by atoms with Gasteiger partial charge in [0.25, 0.3) is 0 Å². The number of hydrogen-bond acceptors (Lipinski definition) is 2. The van der Waals surface area contributed by atoms with Crippen molar-refractivity contribution in [3.63, 3.8) is 0 Å². The molecule has 0 aliphatic carbocycles. The molecule has 1 aromatic rings. The zero-order chi connectivity index (χ0) is 12.8. The van der Waals surface area contributed by atoms with Gasteiger partial charge >= 0.3 is 0 Å². The topological polar surface area (TPSA) is 21.3 Å². The first-order chi connectivity index (χ1) is 8.74. The zero-order valence-corrected chi connectivity index (χ0v) is 10.4. The Morgan fingerprint density at radius 1 is 1.22 bits per heavy atom. The maximum atomic E-state index is 12.9. The van der Waals surface area contributed by atoms with Gasteiger partial charge < -0.3 is 10.1 Å². The molecule has 18 heavy (non-hydrogen) atoms. The SMILES string of the molecule is Fc1cc(F)cc(COCC[C@@H]2CCCNC2)c1. The molecule has 1 aliphatic heterocycles. The van der Waals surface area contributed by atoms with Gasteiger partial charge in [-0.25, -0.2) is 8.78 Å². The van der Waals surface area contributed by atoms with Crippen molar-refractivity contribution < 1.29 is 13.5 Å². The van der Waals surface area contributed by atoms with Gasteiger partial charge in [0.05, 0.1) is 6.61 Å². The highest BCUT2D eigenvalue weighted by molar-refractivity contribution is 5.16. The minimum Gasteiger partial charge on any atom is -0.377 e. The molecule has 0 spiro atoms. The van der Waals surface area contributed by atoms with Gasteiger partial charge in [0.2, 0.25) is 0 Å². The van der Waals surface area contributed by atoms with E-state index in [1.54, 1.807) is 0 Å². The molecule has 1 saturated heterocycles. The van der Waals surface area contributed by atoms with Crippen LogP contribution in [0.5, 0.6) is 0 Å². The van der Waals surface area contributed by atoms with E-state index in [1.165, 1.54) is 25.0 Å². The van der Waals surface area contributed by atoms with Crippen LogP contribution in [-0.2, 0) is 11.3 Å². The Bertz CT molecular complexity index is 358. The van der Waals surface area contributed by atoms with Crippen molar-refractivity contribution in [2.45, 2.75) is 25.9 Å². The average molecular weight is 255 g/mol. The second-order valence-corrected chi connectivity index (χ2v) is 4.83. The summed E-state index contributed by atoms with van der Waals surface area (Å²) in [6, 6.07) is 3.49. The third-order valence-corrected chi connectivity index (χ3v) is 3.26. The molecule has 0 bridgehead atoms. The third kappa shape index (κ3) is 4.35. The van der Waals surface area contributed by atoms with Gasteiger partial charge in [0, 0.05) is 12.7 Å². The van der Waals surface area contributed by atoms with Gasteiger partial charge in [0.1, 0.15) is 11.6 Å². The molecule has 1 aliphatic rings. The summed E-state index contributed by atoms with van der Waals surface area (Å²) in [4.78, 5) is 0. The number of piperidine rings is 1. The van der Waals surface area contributed by atoms with Crippen LogP contribution >= 0.6 is 0 Å². The van der Waals surface area contributed by atoms with Crippen LogP contribution in [0.15, 0.2) is 18.2 Å². The van der Waals surface area contributed by atoms with Crippen LogP contribution < -0.4 is 5.32 Å². The van der Waals surface area contributed by atoms with Gasteiger partial charge in [-0.3, -0.25) is 0 Å². The number of rotatable bonds is 5. The lowest BCUT2D eigenvalue weighted by molar-refractivity contribution is 0.103. The van der Waals surface area contributed by atoms with Crippen LogP contribution in [0.25, 0.3) is 0 Å². The van der Waals surface area contributed by atoms with E-state index >= 15 is 0 Å². The van der Waals surface area contributed by atoms with Crippen molar-refractivity contribution in [2.75, 3.05) is 19.7 Å². The van der Waals surface area contributed by atoms with Crippen molar-refractivity contribution in [1.82, 2.24) is 5.32 Å². The Labute approximate surface area is 106 Å². The van der Waals surface area contributed by atoms with Crippen LogP contribution in [0.1, 0.15) is 24.8 Å². The molecule has 0 aromatic heterocycles. The molecule has 2 nitrogen and oxygen atoms in total. The number of ether oxygens (including phenoxy) is 1. The number of halogens is 2. The van der Waals surface area contributed by atoms with E-state index in [0.29, 0.717) is 18.1 Å². The van der Waals surface area contributed by atoms with E-state index in [2.05, 4.69) is 5.32 Å². The second-order valence-electron chi connectivity index (χ2n) is 4.83. The average Bonchev–Trinajstić information content (AvgIpc) is 2.35. The summed E-state index contributed by atoms with van der Waals surface area (Å²) in [6.07, 6.45) is 3.47. The summed E-state index contributed by atoms with van der Waals surface area (Å²) in [6.45, 7) is 3.08. The number of nitrogens with one attached hydrogen (secondary N) is 1. The van der Waals surface area contributed by atoms with E-state index in [4.69, 9.17) is 4.74 Å². The van der Waals surface area contributed by atoms with E-state index in [1.807, 2.05) is 0 Å². The molecule has 0 radical (unpaired) electrons. The highest BCUT2D eigenvalue weighted by Gasteiger charge is 2.12. The largest absolute Gasteiger partial charge is 0.377 e. The highest BCUT2D eigenvalue weighted by Crippen LogP contribution is 2.14. The second kappa shape index (κ2) is 6.81. The highest BCUT2D eigenvalue weighted by atomic mass is 19.1. The van der Waals surface area contributed by atoms with E-state index in [-0.39, 0.29) is 6.61 Å². The number of hydrogen-bond donors (Lipinski definition) is 1. The minimum absolute atomic E-state index is 0.273.